The highest BCUT2D eigenvalue weighted by Gasteiger charge is 2.19. The van der Waals surface area contributed by atoms with Crippen LogP contribution in [0, 0.1) is 0 Å². The van der Waals surface area contributed by atoms with E-state index in [1.54, 1.807) is 12.4 Å². The van der Waals surface area contributed by atoms with Gasteiger partial charge < -0.3 is 5.43 Å². The Hall–Kier alpha value is -1.16. The van der Waals surface area contributed by atoms with Gasteiger partial charge in [0.25, 0.3) is 0 Å². The molecule has 0 aliphatic heterocycles. The summed E-state index contributed by atoms with van der Waals surface area (Å²) in [5.41, 5.74) is 3.38. The Morgan fingerprint density at radius 3 is 2.25 bits per heavy atom. The number of nitrogen functional groups attached to an aromatic ring is 1. The van der Waals surface area contributed by atoms with Crippen molar-refractivity contribution in [1.82, 2.24) is 9.97 Å². The van der Waals surface area contributed by atoms with E-state index in [1.807, 2.05) is 0 Å². The maximum atomic E-state index is 5.29. The molecule has 4 nitrogen and oxygen atoms in total. The largest absolute Gasteiger partial charge is 0.307 e. The van der Waals surface area contributed by atoms with Gasteiger partial charge in [0.1, 0.15) is 0 Å². The molecule has 0 atom stereocenters. The minimum absolute atomic E-state index is 0.0318. The van der Waals surface area contributed by atoms with Gasteiger partial charge in [-0.05, 0) is 0 Å². The third-order valence-corrected chi connectivity index (χ3v) is 1.55. The highest BCUT2D eigenvalue weighted by molar-refractivity contribution is 5.41. The van der Waals surface area contributed by atoms with Gasteiger partial charge in [-0.2, -0.15) is 0 Å². The molecule has 0 aliphatic rings. The van der Waals surface area contributed by atoms with Gasteiger partial charge in [0.2, 0.25) is 0 Å². The highest BCUT2D eigenvalue weighted by atomic mass is 15.3. The molecule has 3 N–H and O–H groups in total. The average molecular weight is 166 g/mol. The molecule has 0 fully saturated rings. The van der Waals surface area contributed by atoms with Gasteiger partial charge in [-0.3, -0.25) is 4.98 Å². The van der Waals surface area contributed by atoms with Crippen molar-refractivity contribution in [2.75, 3.05) is 5.43 Å². The molecule has 0 unspecified atom stereocenters. The van der Waals surface area contributed by atoms with Gasteiger partial charge in [-0.25, -0.2) is 10.8 Å². The van der Waals surface area contributed by atoms with Crippen LogP contribution in [0.25, 0.3) is 0 Å². The van der Waals surface area contributed by atoms with E-state index in [0.29, 0.717) is 5.82 Å². The van der Waals surface area contributed by atoms with Crippen LogP contribution < -0.4 is 11.3 Å². The molecule has 0 radical (unpaired) electrons. The second-order valence-electron chi connectivity index (χ2n) is 3.65. The highest BCUT2D eigenvalue weighted by Crippen LogP contribution is 2.24. The summed E-state index contributed by atoms with van der Waals surface area (Å²) >= 11 is 0. The van der Waals surface area contributed by atoms with Gasteiger partial charge >= 0.3 is 0 Å². The summed E-state index contributed by atoms with van der Waals surface area (Å²) in [6.07, 6.45) is 3.28. The minimum atomic E-state index is -0.0318. The summed E-state index contributed by atoms with van der Waals surface area (Å²) in [7, 11) is 0. The van der Waals surface area contributed by atoms with E-state index in [0.717, 1.165) is 5.69 Å². The van der Waals surface area contributed by atoms with Crippen molar-refractivity contribution >= 4 is 5.82 Å². The second-order valence-corrected chi connectivity index (χ2v) is 3.65. The summed E-state index contributed by atoms with van der Waals surface area (Å²) in [6, 6.07) is 0. The molecule has 4 heteroatoms. The molecule has 12 heavy (non-hydrogen) atoms. The Morgan fingerprint density at radius 1 is 1.25 bits per heavy atom. The van der Waals surface area contributed by atoms with E-state index in [1.165, 1.54) is 0 Å². The molecule has 0 saturated heterocycles. The van der Waals surface area contributed by atoms with Crippen LogP contribution in [0.1, 0.15) is 26.5 Å². The van der Waals surface area contributed by atoms with E-state index in [-0.39, 0.29) is 5.41 Å². The zero-order chi connectivity index (χ0) is 9.19. The first-order chi connectivity index (χ1) is 5.55. The van der Waals surface area contributed by atoms with Gasteiger partial charge in [0.15, 0.2) is 5.82 Å². The van der Waals surface area contributed by atoms with Gasteiger partial charge in [0, 0.05) is 17.8 Å². The predicted molar refractivity (Wildman–Crippen MR) is 48.5 cm³/mol. The van der Waals surface area contributed by atoms with Crippen LogP contribution in [0.15, 0.2) is 12.4 Å². The molecule has 66 valence electrons. The van der Waals surface area contributed by atoms with E-state index in [9.17, 15) is 0 Å². The topological polar surface area (TPSA) is 63.8 Å². The van der Waals surface area contributed by atoms with Crippen molar-refractivity contribution in [3.8, 4) is 0 Å². The lowest BCUT2D eigenvalue weighted by Crippen LogP contribution is -2.20. The average Bonchev–Trinajstić information content (AvgIpc) is 2.03. The fraction of sp³-hybridized carbons (Fsp3) is 0.500. The van der Waals surface area contributed by atoms with Crippen molar-refractivity contribution in [2.45, 2.75) is 26.2 Å². The molecular weight excluding hydrogens is 152 g/mol. The monoisotopic (exact) mass is 166 g/mol. The molecule has 1 aromatic rings. The van der Waals surface area contributed by atoms with Crippen molar-refractivity contribution in [2.24, 2.45) is 5.84 Å². The van der Waals surface area contributed by atoms with Crippen LogP contribution in [0.5, 0.6) is 0 Å². The van der Waals surface area contributed by atoms with Crippen LogP contribution in [0.3, 0.4) is 0 Å². The molecular formula is C8H14N4. The zero-order valence-corrected chi connectivity index (χ0v) is 7.63. The molecule has 0 amide bonds. The fourth-order valence-electron chi connectivity index (χ4n) is 0.993. The van der Waals surface area contributed by atoms with Gasteiger partial charge in [0.05, 0.1) is 5.69 Å². The Kier molecular flexibility index (Phi) is 2.28. The van der Waals surface area contributed by atoms with Crippen molar-refractivity contribution < 1.29 is 0 Å². The third-order valence-electron chi connectivity index (χ3n) is 1.55. The Labute approximate surface area is 72.2 Å². The number of aromatic nitrogens is 2. The second kappa shape index (κ2) is 3.06. The zero-order valence-electron chi connectivity index (χ0n) is 7.63. The standard InChI is InChI=1S/C8H14N4/c1-8(2,3)6-7(12-9)11-5-4-10-6/h4-5H,9H2,1-3H3,(H,11,12). The minimum Gasteiger partial charge on any atom is -0.307 e. The first-order valence-corrected chi connectivity index (χ1v) is 3.84. The first-order valence-electron chi connectivity index (χ1n) is 3.84. The number of hydrogen-bond donors (Lipinski definition) is 2. The van der Waals surface area contributed by atoms with Gasteiger partial charge in [-0.1, -0.05) is 20.8 Å². The Morgan fingerprint density at radius 2 is 1.83 bits per heavy atom. The number of nitrogens with zero attached hydrogens (tertiary/aromatic N) is 2. The summed E-state index contributed by atoms with van der Waals surface area (Å²) in [6.45, 7) is 6.20. The number of nitrogens with one attached hydrogen (secondary N) is 1. The maximum Gasteiger partial charge on any atom is 0.162 e. The number of anilines is 1. The van der Waals surface area contributed by atoms with Crippen molar-refractivity contribution in [3.63, 3.8) is 0 Å². The maximum absolute atomic E-state index is 5.29. The van der Waals surface area contributed by atoms with Crippen LogP contribution >= 0.6 is 0 Å². The first kappa shape index (κ1) is 8.93. The molecule has 1 rings (SSSR count). The molecule has 1 heterocycles. The van der Waals surface area contributed by atoms with Crippen molar-refractivity contribution in [3.05, 3.63) is 18.1 Å². The Balaban J connectivity index is 3.14. The van der Waals surface area contributed by atoms with Crippen LogP contribution in [-0.4, -0.2) is 9.97 Å². The summed E-state index contributed by atoms with van der Waals surface area (Å²) in [4.78, 5) is 8.28. The van der Waals surface area contributed by atoms with E-state index >= 15 is 0 Å². The smallest absolute Gasteiger partial charge is 0.162 e. The van der Waals surface area contributed by atoms with E-state index in [2.05, 4.69) is 36.2 Å². The predicted octanol–water partition coefficient (Wildman–Crippen LogP) is 1.06. The molecule has 0 bridgehead atoms. The fourth-order valence-corrected chi connectivity index (χ4v) is 0.993. The SMILES string of the molecule is CC(C)(C)c1nccnc1NN. The summed E-state index contributed by atoms with van der Waals surface area (Å²) < 4.78 is 0. The number of hydrogen-bond acceptors (Lipinski definition) is 4. The molecule has 0 aromatic carbocycles. The number of nitrogens with two attached hydrogens (primary N) is 1. The Bertz CT molecular complexity index is 264. The van der Waals surface area contributed by atoms with Crippen molar-refractivity contribution in [1.29, 1.82) is 0 Å². The lowest BCUT2D eigenvalue weighted by atomic mass is 9.92. The molecule has 0 aliphatic carbocycles. The van der Waals surface area contributed by atoms with Crippen LogP contribution in [-0.2, 0) is 5.41 Å². The molecule has 1 aromatic heterocycles. The summed E-state index contributed by atoms with van der Waals surface area (Å²) in [5.74, 6) is 5.94. The number of hydrazine groups is 1. The van der Waals surface area contributed by atoms with Crippen LogP contribution in [0.2, 0.25) is 0 Å². The lowest BCUT2D eigenvalue weighted by molar-refractivity contribution is 0.567. The lowest BCUT2D eigenvalue weighted by Gasteiger charge is -2.19. The van der Waals surface area contributed by atoms with E-state index in [4.69, 9.17) is 5.84 Å². The van der Waals surface area contributed by atoms with Gasteiger partial charge in [-0.15, -0.1) is 0 Å². The molecule has 0 spiro atoms. The number of rotatable bonds is 1. The van der Waals surface area contributed by atoms with Crippen LogP contribution in [0.4, 0.5) is 5.82 Å². The normalized spacial score (nSPS) is 11.3. The molecule has 0 saturated carbocycles. The quantitative estimate of drug-likeness (QED) is 0.483. The summed E-state index contributed by atoms with van der Waals surface area (Å²) in [5, 5.41) is 0. The van der Waals surface area contributed by atoms with E-state index < -0.39 is 0 Å². The third kappa shape index (κ3) is 1.71.